The van der Waals surface area contributed by atoms with Crippen LogP contribution in [0.2, 0.25) is 0 Å². The summed E-state index contributed by atoms with van der Waals surface area (Å²) in [5.41, 5.74) is -2.58. The number of carbonyl (C=O) groups excluding carboxylic acids is 1. The molecule has 0 bridgehead atoms. The Morgan fingerprint density at radius 2 is 0.941 bits per heavy atom. The molecule has 34 heavy (non-hydrogen) atoms. The molecular weight excluding hydrogens is 465 g/mol. The number of ether oxygens (including phenoxy) is 1. The third-order valence-electron chi connectivity index (χ3n) is 5.56. The first-order valence-electron chi connectivity index (χ1n) is 12.1. The first-order chi connectivity index (χ1) is 15.2. The zero-order chi connectivity index (χ0) is 24.2. The van der Waals surface area contributed by atoms with Gasteiger partial charge in [-0.2, -0.15) is 0 Å². The molecule has 0 saturated carbocycles. The monoisotopic (exact) mass is 510 g/mol. The molecule has 0 unspecified atom stereocenters. The molecule has 0 heterocycles. The SMILES string of the molecule is CCCCCCCCCCCCCCCCCC(=O)OC(CC(=O)O)(CC(=O)O)C(=O)O.[H-].[H-].[H-].[H-].[Mg+2].[Mg+2]. The topological polar surface area (TPSA) is 138 Å². The predicted molar refractivity (Wildman–Crippen MR) is 136 cm³/mol. The molecule has 0 atom stereocenters. The second-order valence-corrected chi connectivity index (χ2v) is 8.61. The summed E-state index contributed by atoms with van der Waals surface area (Å²) in [6, 6.07) is 0. The molecule has 0 radical (unpaired) electrons. The van der Waals surface area contributed by atoms with Gasteiger partial charge in [0.15, 0.2) is 0 Å². The van der Waals surface area contributed by atoms with Gasteiger partial charge in [0, 0.05) is 6.42 Å². The molecule has 0 spiro atoms. The summed E-state index contributed by atoms with van der Waals surface area (Å²) in [4.78, 5) is 45.3. The molecular formula is C24H46Mg2O8. The van der Waals surface area contributed by atoms with E-state index in [-0.39, 0.29) is 58.2 Å². The van der Waals surface area contributed by atoms with E-state index in [9.17, 15) is 24.3 Å². The fourth-order valence-electron chi connectivity index (χ4n) is 3.73. The number of rotatable bonds is 22. The van der Waals surface area contributed by atoms with E-state index in [0.29, 0.717) is 6.42 Å². The predicted octanol–water partition coefficient (Wildman–Crippen LogP) is 5.25. The van der Waals surface area contributed by atoms with E-state index < -0.39 is 42.3 Å². The standard InChI is InChI=1S/C24H42O8.2Mg.4H/c1-2-3-4-5-6-7-8-9-10-11-12-13-14-15-16-17-22(29)32-24(23(30)31,18-20(25)26)19-21(27)28;;;;;;/h2-19H2,1H3,(H,25,26)(H,27,28)(H,30,31);;;;;;/q;2*+2;4*-1. The molecule has 0 aromatic rings. The van der Waals surface area contributed by atoms with Crippen LogP contribution in [0.5, 0.6) is 0 Å². The molecule has 0 amide bonds. The smallest absolute Gasteiger partial charge is 1.00 e. The van der Waals surface area contributed by atoms with Crippen molar-refractivity contribution in [1.29, 1.82) is 0 Å². The van der Waals surface area contributed by atoms with Crippen molar-refractivity contribution < 1.29 is 44.9 Å². The minimum absolute atomic E-state index is 0. The fourth-order valence-corrected chi connectivity index (χ4v) is 3.73. The summed E-state index contributed by atoms with van der Waals surface area (Å²) >= 11 is 0. The zero-order valence-electron chi connectivity index (χ0n) is 25.0. The molecule has 3 N–H and O–H groups in total. The van der Waals surface area contributed by atoms with Gasteiger partial charge < -0.3 is 25.8 Å². The van der Waals surface area contributed by atoms with Crippen molar-refractivity contribution in [3.05, 3.63) is 0 Å². The summed E-state index contributed by atoms with van der Waals surface area (Å²) in [7, 11) is 0. The maximum absolute atomic E-state index is 12.0. The second kappa shape index (κ2) is 24.1. The van der Waals surface area contributed by atoms with Gasteiger partial charge in [-0.05, 0) is 6.42 Å². The molecule has 10 heteroatoms. The minimum atomic E-state index is -2.58. The van der Waals surface area contributed by atoms with E-state index in [2.05, 4.69) is 6.92 Å². The number of unbranched alkanes of at least 4 members (excludes halogenated alkanes) is 14. The largest absolute Gasteiger partial charge is 2.00 e. The first kappa shape index (κ1) is 38.0. The van der Waals surface area contributed by atoms with Crippen LogP contribution in [0.15, 0.2) is 0 Å². The Balaban J connectivity index is -0.000000320. The number of aliphatic carboxylic acids is 3. The Labute approximate surface area is 242 Å². The van der Waals surface area contributed by atoms with E-state index >= 15 is 0 Å². The van der Waals surface area contributed by atoms with Gasteiger partial charge in [0.2, 0.25) is 5.60 Å². The summed E-state index contributed by atoms with van der Waals surface area (Å²) in [6.45, 7) is 2.23. The Kier molecular flexibility index (Phi) is 26.9. The Morgan fingerprint density at radius 3 is 1.24 bits per heavy atom. The van der Waals surface area contributed by atoms with E-state index in [0.717, 1.165) is 25.7 Å². The van der Waals surface area contributed by atoms with Crippen LogP contribution in [-0.4, -0.2) is 90.9 Å². The van der Waals surface area contributed by atoms with Gasteiger partial charge in [0.1, 0.15) is 0 Å². The van der Waals surface area contributed by atoms with E-state index in [1.54, 1.807) is 0 Å². The molecule has 0 aliphatic heterocycles. The fraction of sp³-hybridized carbons (Fsp3) is 0.833. The van der Waals surface area contributed by atoms with Crippen LogP contribution in [0.1, 0.15) is 128 Å². The second-order valence-electron chi connectivity index (χ2n) is 8.61. The summed E-state index contributed by atoms with van der Waals surface area (Å²) in [5, 5.41) is 27.1. The van der Waals surface area contributed by atoms with Gasteiger partial charge in [-0.15, -0.1) is 0 Å². The minimum Gasteiger partial charge on any atom is -1.00 e. The molecule has 0 fully saturated rings. The molecule has 0 aliphatic rings. The van der Waals surface area contributed by atoms with Crippen LogP contribution >= 0.6 is 0 Å². The quantitative estimate of drug-likeness (QED) is 0.102. The van der Waals surface area contributed by atoms with Crippen LogP contribution < -0.4 is 0 Å². The Morgan fingerprint density at radius 1 is 0.618 bits per heavy atom. The van der Waals surface area contributed by atoms with Gasteiger partial charge in [0.05, 0.1) is 12.8 Å². The van der Waals surface area contributed by atoms with E-state index in [1.807, 2.05) is 0 Å². The number of carboxylic acids is 3. The van der Waals surface area contributed by atoms with Gasteiger partial charge in [-0.3, -0.25) is 14.4 Å². The summed E-state index contributed by atoms with van der Waals surface area (Å²) in [5.74, 6) is -5.75. The van der Waals surface area contributed by atoms with E-state index in [4.69, 9.17) is 14.9 Å². The molecule has 0 aromatic heterocycles. The van der Waals surface area contributed by atoms with Crippen molar-refractivity contribution in [3.63, 3.8) is 0 Å². The Bertz CT molecular complexity index is 572. The zero-order valence-corrected chi connectivity index (χ0v) is 23.9. The van der Waals surface area contributed by atoms with E-state index in [1.165, 1.54) is 64.2 Å². The molecule has 0 aliphatic carbocycles. The Hall–Kier alpha value is -0.588. The first-order valence-corrected chi connectivity index (χ1v) is 12.1. The van der Waals surface area contributed by atoms with Gasteiger partial charge >= 0.3 is 70.0 Å². The van der Waals surface area contributed by atoms with Crippen molar-refractivity contribution in [2.45, 2.75) is 128 Å². The van der Waals surface area contributed by atoms with Gasteiger partial charge in [0.25, 0.3) is 0 Å². The van der Waals surface area contributed by atoms with Crippen LogP contribution in [0.25, 0.3) is 0 Å². The molecule has 0 saturated heterocycles. The molecule has 0 aromatic carbocycles. The average Bonchev–Trinajstić information content (AvgIpc) is 2.69. The van der Waals surface area contributed by atoms with Crippen LogP contribution in [0.4, 0.5) is 0 Å². The molecule has 0 rings (SSSR count). The number of esters is 1. The third-order valence-corrected chi connectivity index (χ3v) is 5.56. The van der Waals surface area contributed by atoms with Crippen molar-refractivity contribution >= 4 is 70.0 Å². The number of hydrogen-bond donors (Lipinski definition) is 3. The summed E-state index contributed by atoms with van der Waals surface area (Å²) < 4.78 is 4.84. The summed E-state index contributed by atoms with van der Waals surface area (Å²) in [6.07, 6.45) is 15.3. The van der Waals surface area contributed by atoms with Crippen molar-refractivity contribution in [1.82, 2.24) is 0 Å². The van der Waals surface area contributed by atoms with Crippen molar-refractivity contribution in [2.75, 3.05) is 0 Å². The third kappa shape index (κ3) is 20.8. The molecule has 8 nitrogen and oxygen atoms in total. The maximum atomic E-state index is 12.0. The van der Waals surface area contributed by atoms with Crippen molar-refractivity contribution in [3.8, 4) is 0 Å². The maximum Gasteiger partial charge on any atom is 2.00 e. The normalized spacial score (nSPS) is 10.6. The average molecular weight is 511 g/mol. The van der Waals surface area contributed by atoms with Crippen LogP contribution in [-0.2, 0) is 23.9 Å². The van der Waals surface area contributed by atoms with Crippen LogP contribution in [0, 0.1) is 0 Å². The van der Waals surface area contributed by atoms with Crippen molar-refractivity contribution in [2.24, 2.45) is 0 Å². The number of hydrogen-bond acceptors (Lipinski definition) is 5. The van der Waals surface area contributed by atoms with Gasteiger partial charge in [-0.25, -0.2) is 4.79 Å². The number of carbonyl (C=O) groups is 4. The van der Waals surface area contributed by atoms with Crippen LogP contribution in [0.3, 0.4) is 0 Å². The number of carboxylic acid groups (broad SMARTS) is 3. The molecule has 194 valence electrons. The van der Waals surface area contributed by atoms with Gasteiger partial charge in [-0.1, -0.05) is 96.8 Å².